The number of rotatable bonds is 12. The molecule has 0 fully saturated rings. The molecule has 296 valence electrons. The molecule has 0 atom stereocenters. The third-order valence-corrected chi connectivity index (χ3v) is 8.01. The van der Waals surface area contributed by atoms with Crippen LogP contribution >= 0.6 is 11.8 Å². The van der Waals surface area contributed by atoms with E-state index in [1.807, 2.05) is 32.9 Å². The first-order chi connectivity index (χ1) is 25.7. The van der Waals surface area contributed by atoms with Crippen molar-refractivity contribution in [2.75, 3.05) is 23.0 Å². The molecule has 4 aromatic rings. The number of aliphatic imine (C=N–C) groups is 1. The van der Waals surface area contributed by atoms with E-state index in [9.17, 15) is 45.1 Å². The highest BCUT2D eigenvalue weighted by Gasteiger charge is 2.31. The number of aromatic nitrogens is 3. The zero-order valence-electron chi connectivity index (χ0n) is 30.2. The summed E-state index contributed by atoms with van der Waals surface area (Å²) < 4.78 is 97.2. The summed E-state index contributed by atoms with van der Waals surface area (Å²) in [6, 6.07) is 12.0. The molecule has 0 aliphatic rings. The molecule has 55 heavy (non-hydrogen) atoms. The summed E-state index contributed by atoms with van der Waals surface area (Å²) in [7, 11) is 1.52. The van der Waals surface area contributed by atoms with Crippen LogP contribution in [0.1, 0.15) is 54.7 Å². The SMILES string of the molecule is CCCC(=O)CS/C(C)=N\C(=O)Nc1ccc(-c2cc(NC(=O)c3ccc(OC(F)(F)F)cn3)n(C)n2)cc1F.Cc1ccc(OCCC(F)(F)F)c(C)c1. The molecule has 2 aromatic heterocycles. The van der Waals surface area contributed by atoms with Gasteiger partial charge in [-0.3, -0.25) is 14.3 Å². The van der Waals surface area contributed by atoms with Gasteiger partial charge in [0.25, 0.3) is 5.91 Å². The van der Waals surface area contributed by atoms with Gasteiger partial charge in [0.05, 0.1) is 41.4 Å². The molecule has 0 bridgehead atoms. The van der Waals surface area contributed by atoms with Gasteiger partial charge >= 0.3 is 18.6 Å². The molecule has 0 radical (unpaired) electrons. The minimum atomic E-state index is -4.89. The number of benzene rings is 2. The number of urea groups is 1. The molecule has 11 nitrogen and oxygen atoms in total. The summed E-state index contributed by atoms with van der Waals surface area (Å²) in [5.74, 6) is -1.09. The van der Waals surface area contributed by atoms with E-state index in [0.29, 0.717) is 28.5 Å². The summed E-state index contributed by atoms with van der Waals surface area (Å²) >= 11 is 1.13. The Morgan fingerprint density at radius 3 is 2.29 bits per heavy atom. The first-order valence-corrected chi connectivity index (χ1v) is 17.4. The number of hydrogen-bond donors (Lipinski definition) is 2. The lowest BCUT2D eigenvalue weighted by molar-refractivity contribution is -0.274. The van der Waals surface area contributed by atoms with Crippen molar-refractivity contribution in [3.63, 3.8) is 0 Å². The Morgan fingerprint density at radius 1 is 0.964 bits per heavy atom. The molecule has 0 saturated heterocycles. The smallest absolute Gasteiger partial charge is 0.493 e. The number of anilines is 2. The van der Waals surface area contributed by atoms with Gasteiger partial charge in [0.2, 0.25) is 0 Å². The van der Waals surface area contributed by atoms with Crippen LogP contribution in [0, 0.1) is 19.7 Å². The number of alkyl halides is 6. The Hall–Kier alpha value is -5.46. The number of thioether (sulfide) groups is 1. The molecular formula is C36H37F7N6O5S. The van der Waals surface area contributed by atoms with Crippen molar-refractivity contribution in [3.8, 4) is 22.8 Å². The van der Waals surface area contributed by atoms with E-state index in [4.69, 9.17) is 4.74 Å². The van der Waals surface area contributed by atoms with E-state index in [0.717, 1.165) is 53.7 Å². The van der Waals surface area contributed by atoms with Crippen LogP contribution in [-0.4, -0.2) is 62.4 Å². The van der Waals surface area contributed by atoms with Gasteiger partial charge in [0, 0.05) is 25.1 Å². The third kappa shape index (κ3) is 15.4. The maximum atomic E-state index is 14.7. The monoisotopic (exact) mass is 798 g/mol. The van der Waals surface area contributed by atoms with Crippen LogP contribution in [0.4, 0.5) is 47.0 Å². The predicted octanol–water partition coefficient (Wildman–Crippen LogP) is 9.46. The molecule has 0 aliphatic heterocycles. The second kappa shape index (κ2) is 19.7. The van der Waals surface area contributed by atoms with Crippen molar-refractivity contribution < 1.29 is 54.6 Å². The van der Waals surface area contributed by atoms with Gasteiger partial charge in [-0.1, -0.05) is 30.7 Å². The van der Waals surface area contributed by atoms with Gasteiger partial charge in [0.1, 0.15) is 34.6 Å². The number of pyridine rings is 1. The van der Waals surface area contributed by atoms with Gasteiger partial charge in [-0.25, -0.2) is 14.2 Å². The average Bonchev–Trinajstić information content (AvgIpc) is 3.44. The second-order valence-electron chi connectivity index (χ2n) is 11.7. The van der Waals surface area contributed by atoms with Crippen LogP contribution in [0.3, 0.4) is 0 Å². The first-order valence-electron chi connectivity index (χ1n) is 16.4. The number of hydrogen-bond acceptors (Lipinski definition) is 8. The summed E-state index contributed by atoms with van der Waals surface area (Å²) in [6.07, 6.45) is -8.01. The molecule has 0 aliphatic carbocycles. The molecule has 0 unspecified atom stereocenters. The summed E-state index contributed by atoms with van der Waals surface area (Å²) in [5.41, 5.74) is 2.26. The zero-order chi connectivity index (χ0) is 40.9. The highest BCUT2D eigenvalue weighted by atomic mass is 32.2. The normalized spacial score (nSPS) is 11.7. The Kier molecular flexibility index (Phi) is 15.8. The van der Waals surface area contributed by atoms with E-state index in [2.05, 4.69) is 30.4 Å². The number of carbonyl (C=O) groups is 3. The van der Waals surface area contributed by atoms with E-state index in [1.165, 1.54) is 29.9 Å². The number of amides is 3. The van der Waals surface area contributed by atoms with E-state index in [1.54, 1.807) is 13.0 Å². The third-order valence-electron chi connectivity index (χ3n) is 7.03. The van der Waals surface area contributed by atoms with Crippen LogP contribution in [0.5, 0.6) is 11.5 Å². The Morgan fingerprint density at radius 2 is 1.69 bits per heavy atom. The fourth-order valence-electron chi connectivity index (χ4n) is 4.48. The van der Waals surface area contributed by atoms with E-state index >= 15 is 0 Å². The van der Waals surface area contributed by atoms with Crippen LogP contribution in [0.25, 0.3) is 11.3 Å². The van der Waals surface area contributed by atoms with Crippen LogP contribution < -0.4 is 20.1 Å². The Bertz CT molecular complexity index is 1980. The second-order valence-corrected chi connectivity index (χ2v) is 12.9. The first kappa shape index (κ1) is 43.9. The summed E-state index contributed by atoms with van der Waals surface area (Å²) in [5, 5.41) is 9.47. The largest absolute Gasteiger partial charge is 0.573 e. The predicted molar refractivity (Wildman–Crippen MR) is 194 cm³/mol. The number of ether oxygens (including phenoxy) is 2. The van der Waals surface area contributed by atoms with Crippen molar-refractivity contribution in [3.05, 3.63) is 83.4 Å². The number of carbonyl (C=O) groups excluding carboxylic acids is 3. The van der Waals surface area contributed by atoms with Crippen LogP contribution in [0.15, 0.2) is 65.8 Å². The van der Waals surface area contributed by atoms with Crippen LogP contribution in [0.2, 0.25) is 0 Å². The molecule has 0 saturated carbocycles. The Balaban J connectivity index is 0.000000452. The van der Waals surface area contributed by atoms with E-state index in [-0.39, 0.29) is 35.3 Å². The summed E-state index contributed by atoms with van der Waals surface area (Å²) in [6.45, 7) is 6.88. The number of aryl methyl sites for hydroxylation is 3. The van der Waals surface area contributed by atoms with Crippen molar-refractivity contribution in [2.45, 2.75) is 59.5 Å². The average molecular weight is 799 g/mol. The van der Waals surface area contributed by atoms with Crippen LogP contribution in [-0.2, 0) is 11.8 Å². The molecule has 19 heteroatoms. The molecule has 4 rings (SSSR count). The lowest BCUT2D eigenvalue weighted by Gasteiger charge is -2.11. The zero-order valence-corrected chi connectivity index (χ0v) is 31.0. The van der Waals surface area contributed by atoms with E-state index < -0.39 is 42.5 Å². The maximum Gasteiger partial charge on any atom is 0.573 e. The number of nitrogens with zero attached hydrogens (tertiary/aromatic N) is 4. The maximum absolute atomic E-state index is 14.7. The fourth-order valence-corrected chi connectivity index (χ4v) is 5.14. The fraction of sp³-hybridized carbons (Fsp3) is 0.333. The minimum Gasteiger partial charge on any atom is -0.493 e. The topological polar surface area (TPSA) is 137 Å². The number of nitrogens with one attached hydrogen (secondary N) is 2. The Labute approximate surface area is 315 Å². The van der Waals surface area contributed by atoms with Crippen molar-refractivity contribution >= 4 is 46.0 Å². The molecule has 0 spiro atoms. The quantitative estimate of drug-likeness (QED) is 0.0822. The highest BCUT2D eigenvalue weighted by Crippen LogP contribution is 2.27. The van der Waals surface area contributed by atoms with Gasteiger partial charge in [0.15, 0.2) is 0 Å². The van der Waals surface area contributed by atoms with Gasteiger partial charge in [-0.15, -0.1) is 24.9 Å². The van der Waals surface area contributed by atoms with Gasteiger partial charge in [-0.2, -0.15) is 23.3 Å². The standard InChI is InChI=1S/C25H24F4N6O4S.C11H13F3O/c1-4-5-16(36)13-40-14(2)31-24(38)32-19-8-6-15(10-18(19)26)21-11-22(35(3)34-21)33-23(37)20-9-7-17(12-30-20)39-25(27,28)29;1-8-3-4-10(9(2)7-8)15-6-5-11(12,13)14/h6-12H,4-5,13H2,1-3H3,(H,32,38)(H,33,37);3-4,7H,5-6H2,1-2H3/b31-14-;. The summed E-state index contributed by atoms with van der Waals surface area (Å²) in [4.78, 5) is 43.7. The van der Waals surface area contributed by atoms with Gasteiger partial charge in [-0.05, 0) is 63.1 Å². The minimum absolute atomic E-state index is 0.0478. The molecule has 3 amide bonds. The van der Waals surface area contributed by atoms with Crippen molar-refractivity contribution in [1.82, 2.24) is 14.8 Å². The number of ketones is 1. The van der Waals surface area contributed by atoms with Crippen molar-refractivity contribution in [2.24, 2.45) is 12.0 Å². The number of Topliss-reactive ketones (excluding diaryl/α,β-unsaturated/α-hetero) is 1. The highest BCUT2D eigenvalue weighted by molar-refractivity contribution is 8.14. The van der Waals surface area contributed by atoms with Crippen molar-refractivity contribution in [1.29, 1.82) is 0 Å². The molecule has 2 N–H and O–H groups in total. The lowest BCUT2D eigenvalue weighted by Crippen LogP contribution is -2.18. The molecular weight excluding hydrogens is 761 g/mol. The molecule has 2 heterocycles. The van der Waals surface area contributed by atoms with Gasteiger partial charge < -0.3 is 20.1 Å². The number of halogens is 7. The lowest BCUT2D eigenvalue weighted by atomic mass is 10.1. The molecule has 2 aromatic carbocycles.